The highest BCUT2D eigenvalue weighted by Gasteiger charge is 2.27. The molecule has 0 aliphatic carbocycles. The first-order chi connectivity index (χ1) is 10.3. The molecule has 0 spiro atoms. The lowest BCUT2D eigenvalue weighted by Gasteiger charge is -2.26. The third-order valence-corrected chi connectivity index (χ3v) is 3.54. The Labute approximate surface area is 132 Å². The summed E-state index contributed by atoms with van der Waals surface area (Å²) in [6.45, 7) is 5.85. The van der Waals surface area contributed by atoms with Gasteiger partial charge in [-0.25, -0.2) is 4.79 Å². The van der Waals surface area contributed by atoms with E-state index in [-0.39, 0.29) is 12.5 Å². The molecular weight excluding hydrogens is 280 g/mol. The number of ether oxygens (including phenoxy) is 1. The van der Waals surface area contributed by atoms with Crippen LogP contribution in [-0.2, 0) is 20.9 Å². The zero-order valence-corrected chi connectivity index (χ0v) is 13.8. The Morgan fingerprint density at radius 3 is 2.32 bits per heavy atom. The third-order valence-electron chi connectivity index (χ3n) is 3.54. The van der Waals surface area contributed by atoms with Crippen LogP contribution in [0.2, 0.25) is 0 Å². The molecule has 1 aromatic rings. The summed E-state index contributed by atoms with van der Waals surface area (Å²) in [5.41, 5.74) is 6.79. The first-order valence-corrected chi connectivity index (χ1v) is 7.55. The van der Waals surface area contributed by atoms with Gasteiger partial charge in [-0.3, -0.25) is 4.79 Å². The van der Waals surface area contributed by atoms with Gasteiger partial charge in [0, 0.05) is 7.05 Å². The average molecular weight is 306 g/mol. The van der Waals surface area contributed by atoms with Crippen molar-refractivity contribution in [2.24, 2.45) is 11.7 Å². The number of nitrogens with zero attached hydrogens (tertiary/aromatic N) is 1. The molecule has 0 heterocycles. The number of benzene rings is 1. The summed E-state index contributed by atoms with van der Waals surface area (Å²) in [6, 6.07) is 8.18. The summed E-state index contributed by atoms with van der Waals surface area (Å²) < 4.78 is 5.25. The van der Waals surface area contributed by atoms with Crippen molar-refractivity contribution in [3.05, 3.63) is 35.9 Å². The van der Waals surface area contributed by atoms with Gasteiger partial charge in [-0.2, -0.15) is 0 Å². The normalized spacial score (nSPS) is 13.5. The maximum Gasteiger partial charge on any atom is 0.328 e. The van der Waals surface area contributed by atoms with E-state index in [1.165, 1.54) is 4.90 Å². The molecule has 22 heavy (non-hydrogen) atoms. The largest absolute Gasteiger partial charge is 0.459 e. The predicted molar refractivity (Wildman–Crippen MR) is 85.9 cm³/mol. The summed E-state index contributed by atoms with van der Waals surface area (Å²) in [5, 5.41) is 0. The number of rotatable bonds is 7. The quantitative estimate of drug-likeness (QED) is 0.782. The van der Waals surface area contributed by atoms with Gasteiger partial charge >= 0.3 is 5.97 Å². The van der Waals surface area contributed by atoms with Gasteiger partial charge in [-0.15, -0.1) is 0 Å². The SMILES string of the molecule is CC(C)C[C@H](N)C(=O)N(C)[C@@H](C)C(=O)OCc1ccccc1. The second-order valence-corrected chi connectivity index (χ2v) is 5.95. The minimum atomic E-state index is -0.658. The molecule has 0 fully saturated rings. The maximum atomic E-state index is 12.2. The van der Waals surface area contributed by atoms with Crippen LogP contribution in [0.3, 0.4) is 0 Å². The minimum Gasteiger partial charge on any atom is -0.459 e. The van der Waals surface area contributed by atoms with Crippen LogP contribution in [0.5, 0.6) is 0 Å². The van der Waals surface area contributed by atoms with E-state index in [0.29, 0.717) is 12.3 Å². The van der Waals surface area contributed by atoms with Gasteiger partial charge in [0.2, 0.25) is 5.91 Å². The Balaban J connectivity index is 2.52. The molecule has 0 saturated carbocycles. The molecule has 0 aliphatic heterocycles. The second kappa shape index (κ2) is 8.54. The van der Waals surface area contributed by atoms with E-state index in [9.17, 15) is 9.59 Å². The molecule has 0 aromatic heterocycles. The number of likely N-dealkylation sites (N-methyl/N-ethyl adjacent to an activating group) is 1. The average Bonchev–Trinajstić information content (AvgIpc) is 2.50. The molecule has 0 unspecified atom stereocenters. The highest BCUT2D eigenvalue weighted by molar-refractivity contribution is 5.87. The Morgan fingerprint density at radius 1 is 1.18 bits per heavy atom. The van der Waals surface area contributed by atoms with Crippen LogP contribution in [0, 0.1) is 5.92 Å². The molecule has 2 atom stereocenters. The van der Waals surface area contributed by atoms with Crippen molar-refractivity contribution in [3.63, 3.8) is 0 Å². The molecular formula is C17H26N2O3. The summed E-state index contributed by atoms with van der Waals surface area (Å²) in [6.07, 6.45) is 0.592. The molecule has 1 aromatic carbocycles. The Morgan fingerprint density at radius 2 is 1.77 bits per heavy atom. The van der Waals surface area contributed by atoms with Crippen molar-refractivity contribution in [2.75, 3.05) is 7.05 Å². The predicted octanol–water partition coefficient (Wildman–Crippen LogP) is 1.95. The van der Waals surface area contributed by atoms with E-state index in [1.54, 1.807) is 14.0 Å². The van der Waals surface area contributed by atoms with E-state index in [0.717, 1.165) is 5.56 Å². The third kappa shape index (κ3) is 5.48. The van der Waals surface area contributed by atoms with Crippen LogP contribution in [-0.4, -0.2) is 35.9 Å². The summed E-state index contributed by atoms with van der Waals surface area (Å²) in [4.78, 5) is 25.6. The van der Waals surface area contributed by atoms with Gasteiger partial charge in [-0.05, 0) is 24.8 Å². The molecule has 0 bridgehead atoms. The fourth-order valence-corrected chi connectivity index (χ4v) is 2.07. The van der Waals surface area contributed by atoms with E-state index in [1.807, 2.05) is 44.2 Å². The molecule has 0 aliphatic rings. The van der Waals surface area contributed by atoms with Crippen molar-refractivity contribution in [3.8, 4) is 0 Å². The monoisotopic (exact) mass is 306 g/mol. The maximum absolute atomic E-state index is 12.2. The van der Waals surface area contributed by atoms with Crippen molar-refractivity contribution >= 4 is 11.9 Å². The number of hydrogen-bond donors (Lipinski definition) is 1. The lowest BCUT2D eigenvalue weighted by Crippen LogP contribution is -2.49. The topological polar surface area (TPSA) is 72.6 Å². The van der Waals surface area contributed by atoms with Gasteiger partial charge in [-0.1, -0.05) is 44.2 Å². The fraction of sp³-hybridized carbons (Fsp3) is 0.529. The standard InChI is InChI=1S/C17H26N2O3/c1-12(2)10-15(18)16(20)19(4)13(3)17(21)22-11-14-8-6-5-7-9-14/h5-9,12-13,15H,10-11,18H2,1-4H3/t13-,15-/m0/s1. The number of amides is 1. The van der Waals surface area contributed by atoms with Gasteiger partial charge in [0.25, 0.3) is 0 Å². The highest BCUT2D eigenvalue weighted by Crippen LogP contribution is 2.09. The molecule has 2 N–H and O–H groups in total. The summed E-state index contributed by atoms with van der Waals surface area (Å²) >= 11 is 0. The molecule has 5 heteroatoms. The Kier molecular flexibility index (Phi) is 7.05. The fourth-order valence-electron chi connectivity index (χ4n) is 2.07. The first kappa shape index (κ1) is 18.2. The minimum absolute atomic E-state index is 0.199. The number of carbonyl (C=O) groups excluding carboxylic acids is 2. The van der Waals surface area contributed by atoms with Crippen LogP contribution < -0.4 is 5.73 Å². The van der Waals surface area contributed by atoms with E-state index < -0.39 is 18.1 Å². The van der Waals surface area contributed by atoms with Crippen LogP contribution in [0.4, 0.5) is 0 Å². The second-order valence-electron chi connectivity index (χ2n) is 5.95. The Hall–Kier alpha value is -1.88. The van der Waals surface area contributed by atoms with Gasteiger partial charge in [0.15, 0.2) is 0 Å². The zero-order valence-electron chi connectivity index (χ0n) is 13.8. The van der Waals surface area contributed by atoms with Gasteiger partial charge < -0.3 is 15.4 Å². The lowest BCUT2D eigenvalue weighted by atomic mass is 10.0. The molecule has 0 radical (unpaired) electrons. The number of hydrogen-bond acceptors (Lipinski definition) is 4. The van der Waals surface area contributed by atoms with Crippen LogP contribution in [0.15, 0.2) is 30.3 Å². The van der Waals surface area contributed by atoms with Crippen molar-refractivity contribution in [1.29, 1.82) is 0 Å². The van der Waals surface area contributed by atoms with Crippen molar-refractivity contribution in [2.45, 2.75) is 45.9 Å². The molecule has 1 amide bonds. The smallest absolute Gasteiger partial charge is 0.328 e. The van der Waals surface area contributed by atoms with Crippen molar-refractivity contribution < 1.29 is 14.3 Å². The lowest BCUT2D eigenvalue weighted by molar-refractivity contribution is -0.155. The van der Waals surface area contributed by atoms with Gasteiger partial charge in [0.1, 0.15) is 12.6 Å². The van der Waals surface area contributed by atoms with Crippen molar-refractivity contribution in [1.82, 2.24) is 4.90 Å². The molecule has 5 nitrogen and oxygen atoms in total. The number of carbonyl (C=O) groups is 2. The van der Waals surface area contributed by atoms with Crippen LogP contribution >= 0.6 is 0 Å². The highest BCUT2D eigenvalue weighted by atomic mass is 16.5. The first-order valence-electron chi connectivity index (χ1n) is 7.55. The number of nitrogens with two attached hydrogens (primary N) is 1. The number of esters is 1. The zero-order chi connectivity index (χ0) is 16.7. The summed E-state index contributed by atoms with van der Waals surface area (Å²) in [7, 11) is 1.58. The van der Waals surface area contributed by atoms with E-state index >= 15 is 0 Å². The molecule has 0 saturated heterocycles. The molecule has 1 rings (SSSR count). The van der Waals surface area contributed by atoms with Crippen LogP contribution in [0.25, 0.3) is 0 Å². The summed E-state index contributed by atoms with van der Waals surface area (Å²) in [5.74, 6) is -0.345. The van der Waals surface area contributed by atoms with Crippen LogP contribution in [0.1, 0.15) is 32.8 Å². The molecule has 122 valence electrons. The Bertz CT molecular complexity index is 488. The van der Waals surface area contributed by atoms with E-state index in [4.69, 9.17) is 10.5 Å². The van der Waals surface area contributed by atoms with Gasteiger partial charge in [0.05, 0.1) is 6.04 Å². The van der Waals surface area contributed by atoms with E-state index in [2.05, 4.69) is 0 Å².